The van der Waals surface area contributed by atoms with Crippen LogP contribution in [0.3, 0.4) is 0 Å². The summed E-state index contributed by atoms with van der Waals surface area (Å²) in [5.41, 5.74) is 0. The summed E-state index contributed by atoms with van der Waals surface area (Å²) in [6.07, 6.45) is 0. The largest absolute Gasteiger partial charge is 0.365 e. The molecule has 1 aromatic rings. The van der Waals surface area contributed by atoms with E-state index >= 15 is 0 Å². The van der Waals surface area contributed by atoms with Crippen LogP contribution in [0, 0.1) is 10.1 Å². The molecule has 58 valence electrons. The highest BCUT2D eigenvalue weighted by molar-refractivity contribution is 9.10. The molecule has 0 radical (unpaired) electrons. The first-order valence-electron chi connectivity index (χ1n) is 2.57. The van der Waals surface area contributed by atoms with E-state index in [1.165, 1.54) is 12.1 Å². The van der Waals surface area contributed by atoms with Crippen LogP contribution in [0.25, 0.3) is 0 Å². The van der Waals surface area contributed by atoms with Crippen molar-refractivity contribution in [3.63, 3.8) is 0 Å². The van der Waals surface area contributed by atoms with Crippen LogP contribution >= 0.6 is 27.5 Å². The van der Waals surface area contributed by atoms with E-state index in [9.17, 15) is 10.1 Å². The molecule has 4 nitrogen and oxygen atoms in total. The molecule has 0 bridgehead atoms. The first-order chi connectivity index (χ1) is 5.11. The molecule has 1 aromatic heterocycles. The fourth-order valence-corrected chi connectivity index (χ4v) is 0.880. The average molecular weight is 237 g/mol. The van der Waals surface area contributed by atoms with Crippen LogP contribution in [0.5, 0.6) is 0 Å². The first-order valence-corrected chi connectivity index (χ1v) is 3.75. The first kappa shape index (κ1) is 8.42. The summed E-state index contributed by atoms with van der Waals surface area (Å²) in [6, 6.07) is 2.75. The third kappa shape index (κ3) is 1.87. The second-order valence-electron chi connectivity index (χ2n) is 1.70. The van der Waals surface area contributed by atoms with Crippen LogP contribution in [0.4, 0.5) is 5.82 Å². The van der Waals surface area contributed by atoms with Gasteiger partial charge in [-0.05, 0) is 43.5 Å². The summed E-state index contributed by atoms with van der Waals surface area (Å²) >= 11 is 8.56. The topological polar surface area (TPSA) is 56.0 Å². The van der Waals surface area contributed by atoms with Gasteiger partial charge in [0.2, 0.25) is 0 Å². The van der Waals surface area contributed by atoms with E-state index in [-0.39, 0.29) is 11.0 Å². The molecular weight excluding hydrogens is 235 g/mol. The van der Waals surface area contributed by atoms with Crippen molar-refractivity contribution in [2.75, 3.05) is 0 Å². The van der Waals surface area contributed by atoms with Gasteiger partial charge in [-0.1, -0.05) is 0 Å². The molecular formula is C5H2BrClN2O2. The number of aromatic nitrogens is 1. The summed E-state index contributed by atoms with van der Waals surface area (Å²) in [5, 5.41) is 10.2. The summed E-state index contributed by atoms with van der Waals surface area (Å²) in [5.74, 6) is -0.252. The van der Waals surface area contributed by atoms with Crippen molar-refractivity contribution in [2.45, 2.75) is 0 Å². The molecule has 0 aliphatic rings. The van der Waals surface area contributed by atoms with Crippen LogP contribution in [-0.4, -0.2) is 9.91 Å². The monoisotopic (exact) mass is 236 g/mol. The molecule has 6 heteroatoms. The van der Waals surface area contributed by atoms with Gasteiger partial charge in [0.15, 0.2) is 0 Å². The zero-order valence-electron chi connectivity index (χ0n) is 5.12. The van der Waals surface area contributed by atoms with Crippen molar-refractivity contribution >= 4 is 33.3 Å². The lowest BCUT2D eigenvalue weighted by atomic mass is 10.5. The van der Waals surface area contributed by atoms with Gasteiger partial charge in [0.1, 0.15) is 0 Å². The van der Waals surface area contributed by atoms with Gasteiger partial charge in [0, 0.05) is 6.07 Å². The average Bonchev–Trinajstić information content (AvgIpc) is 1.94. The van der Waals surface area contributed by atoms with Gasteiger partial charge in [-0.15, -0.1) is 0 Å². The van der Waals surface area contributed by atoms with E-state index in [1.807, 2.05) is 0 Å². The highest BCUT2D eigenvalue weighted by Gasteiger charge is 2.10. The maximum absolute atomic E-state index is 10.1. The Morgan fingerprint density at radius 2 is 2.27 bits per heavy atom. The molecule has 0 atom stereocenters. The number of hydrogen-bond donors (Lipinski definition) is 0. The van der Waals surface area contributed by atoms with Gasteiger partial charge < -0.3 is 10.1 Å². The zero-order chi connectivity index (χ0) is 8.43. The Balaban J connectivity index is 3.15. The second-order valence-corrected chi connectivity index (χ2v) is 2.91. The number of halogens is 2. The minimum Gasteiger partial charge on any atom is -0.358 e. The third-order valence-corrected chi connectivity index (χ3v) is 2.13. The van der Waals surface area contributed by atoms with Crippen molar-refractivity contribution in [3.8, 4) is 0 Å². The number of hydrogen-bond acceptors (Lipinski definition) is 3. The molecule has 0 saturated carbocycles. The molecule has 0 unspecified atom stereocenters. The highest BCUT2D eigenvalue weighted by atomic mass is 79.9. The van der Waals surface area contributed by atoms with Crippen LogP contribution in [-0.2, 0) is 0 Å². The predicted octanol–water partition coefficient (Wildman–Crippen LogP) is 2.41. The Morgan fingerprint density at radius 1 is 1.64 bits per heavy atom. The minimum atomic E-state index is -0.599. The van der Waals surface area contributed by atoms with Gasteiger partial charge in [-0.2, -0.15) is 0 Å². The Labute approximate surface area is 75.5 Å². The maximum atomic E-state index is 10.1. The van der Waals surface area contributed by atoms with E-state index in [4.69, 9.17) is 11.6 Å². The van der Waals surface area contributed by atoms with Crippen molar-refractivity contribution in [3.05, 3.63) is 31.9 Å². The molecule has 0 aromatic carbocycles. The molecule has 0 saturated heterocycles. The van der Waals surface area contributed by atoms with Crippen LogP contribution in [0.15, 0.2) is 16.6 Å². The van der Waals surface area contributed by atoms with E-state index in [2.05, 4.69) is 20.9 Å². The lowest BCUT2D eigenvalue weighted by Crippen LogP contribution is -1.91. The minimum absolute atomic E-state index is 0.0965. The van der Waals surface area contributed by atoms with Gasteiger partial charge in [0.05, 0.1) is 4.47 Å². The number of nitrogens with zero attached hydrogens (tertiary/aromatic N) is 2. The molecule has 0 aliphatic carbocycles. The van der Waals surface area contributed by atoms with Gasteiger partial charge in [-0.25, -0.2) is 0 Å². The molecule has 0 aliphatic heterocycles. The molecule has 0 spiro atoms. The van der Waals surface area contributed by atoms with Crippen LogP contribution in [0.1, 0.15) is 0 Å². The fraction of sp³-hybridized carbons (Fsp3) is 0. The van der Waals surface area contributed by atoms with Crippen molar-refractivity contribution in [2.24, 2.45) is 0 Å². The van der Waals surface area contributed by atoms with E-state index in [0.717, 1.165) is 0 Å². The van der Waals surface area contributed by atoms with Gasteiger partial charge >= 0.3 is 5.82 Å². The molecule has 0 amide bonds. The summed E-state index contributed by atoms with van der Waals surface area (Å²) in [6.45, 7) is 0. The van der Waals surface area contributed by atoms with Crippen molar-refractivity contribution in [1.82, 2.24) is 4.98 Å². The van der Waals surface area contributed by atoms with E-state index in [0.29, 0.717) is 4.47 Å². The summed E-state index contributed by atoms with van der Waals surface area (Å²) in [4.78, 5) is 13.0. The van der Waals surface area contributed by atoms with Crippen molar-refractivity contribution in [1.29, 1.82) is 0 Å². The number of nitro groups is 1. The normalized spacial score (nSPS) is 9.64. The van der Waals surface area contributed by atoms with E-state index in [1.54, 1.807) is 0 Å². The Morgan fingerprint density at radius 3 is 2.73 bits per heavy atom. The third-order valence-electron chi connectivity index (χ3n) is 0.976. The summed E-state index contributed by atoms with van der Waals surface area (Å²) in [7, 11) is 0. The smallest absolute Gasteiger partial charge is 0.358 e. The Hall–Kier alpha value is -0.680. The zero-order valence-corrected chi connectivity index (χ0v) is 7.46. The maximum Gasteiger partial charge on any atom is 0.365 e. The number of pyridine rings is 1. The van der Waals surface area contributed by atoms with E-state index < -0.39 is 4.92 Å². The Kier molecular flexibility index (Phi) is 2.41. The molecule has 11 heavy (non-hydrogen) atoms. The highest BCUT2D eigenvalue weighted by Crippen LogP contribution is 2.22. The predicted molar refractivity (Wildman–Crippen MR) is 43.6 cm³/mol. The SMILES string of the molecule is O=[N+]([O-])c1ccc(Br)c(Cl)n1. The fourth-order valence-electron chi connectivity index (χ4n) is 0.509. The molecule has 1 rings (SSSR count). The second kappa shape index (κ2) is 3.15. The lowest BCUT2D eigenvalue weighted by molar-refractivity contribution is -0.389. The standard InChI is InChI=1S/C5H2BrClN2O2/c6-3-1-2-4(9(10)11)8-5(3)7/h1-2H. The van der Waals surface area contributed by atoms with Gasteiger partial charge in [-0.3, -0.25) is 0 Å². The molecule has 1 heterocycles. The molecule has 0 N–H and O–H groups in total. The van der Waals surface area contributed by atoms with Crippen molar-refractivity contribution < 1.29 is 4.92 Å². The Bertz CT molecular complexity index is 305. The number of rotatable bonds is 1. The summed E-state index contributed by atoms with van der Waals surface area (Å²) < 4.78 is 0.546. The van der Waals surface area contributed by atoms with Gasteiger partial charge in [0.25, 0.3) is 5.15 Å². The molecule has 0 fully saturated rings. The lowest BCUT2D eigenvalue weighted by Gasteiger charge is -1.91. The van der Waals surface area contributed by atoms with Crippen LogP contribution < -0.4 is 0 Å². The van der Waals surface area contributed by atoms with Crippen LogP contribution in [0.2, 0.25) is 5.15 Å². The quantitative estimate of drug-likeness (QED) is 0.428.